The van der Waals surface area contributed by atoms with Crippen molar-refractivity contribution in [3.05, 3.63) is 35.1 Å². The van der Waals surface area contributed by atoms with E-state index in [0.717, 1.165) is 24.1 Å². The summed E-state index contributed by atoms with van der Waals surface area (Å²) in [4.78, 5) is 13.7. The van der Waals surface area contributed by atoms with Crippen molar-refractivity contribution in [3.63, 3.8) is 0 Å². The average Bonchev–Trinajstić information content (AvgIpc) is 2.49. The van der Waals surface area contributed by atoms with Crippen LogP contribution in [0.1, 0.15) is 54.4 Å². The molecule has 2 atom stereocenters. The van der Waals surface area contributed by atoms with Gasteiger partial charge in [-0.25, -0.2) is 9.18 Å². The lowest BCUT2D eigenvalue weighted by Crippen LogP contribution is -2.46. The molecule has 3 rings (SSSR count). The molecule has 3 nitrogen and oxygen atoms in total. The number of nitrogens with zero attached hydrogens (tertiary/aromatic N) is 1. The Morgan fingerprint density at radius 1 is 1.24 bits per heavy atom. The zero-order valence-corrected chi connectivity index (χ0v) is 12.2. The SMILES string of the molecule is O=C(O)c1cc(F)ccc1CN1CCCC2CCCCC21. The molecule has 1 saturated heterocycles. The molecule has 114 valence electrons. The van der Waals surface area contributed by atoms with E-state index in [4.69, 9.17) is 0 Å². The molecule has 1 heterocycles. The fourth-order valence-corrected chi connectivity index (χ4v) is 4.03. The number of rotatable bonds is 3. The summed E-state index contributed by atoms with van der Waals surface area (Å²) in [5, 5.41) is 9.27. The highest BCUT2D eigenvalue weighted by atomic mass is 19.1. The molecule has 2 unspecified atom stereocenters. The first-order valence-corrected chi connectivity index (χ1v) is 7.91. The number of hydrogen-bond acceptors (Lipinski definition) is 2. The minimum atomic E-state index is -1.04. The van der Waals surface area contributed by atoms with Gasteiger partial charge >= 0.3 is 5.97 Å². The fourth-order valence-electron chi connectivity index (χ4n) is 4.03. The molecule has 4 heteroatoms. The van der Waals surface area contributed by atoms with E-state index < -0.39 is 11.8 Å². The second kappa shape index (κ2) is 6.14. The molecule has 0 aromatic heterocycles. The van der Waals surface area contributed by atoms with E-state index in [2.05, 4.69) is 4.90 Å². The Morgan fingerprint density at radius 3 is 2.81 bits per heavy atom. The number of halogens is 1. The molecule has 0 spiro atoms. The Hall–Kier alpha value is -1.42. The molecule has 1 aliphatic heterocycles. The molecule has 1 aromatic rings. The van der Waals surface area contributed by atoms with Gasteiger partial charge in [-0.15, -0.1) is 0 Å². The quantitative estimate of drug-likeness (QED) is 0.923. The number of hydrogen-bond donors (Lipinski definition) is 1. The molecule has 1 saturated carbocycles. The summed E-state index contributed by atoms with van der Waals surface area (Å²) in [6.45, 7) is 1.65. The second-order valence-corrected chi connectivity index (χ2v) is 6.33. The highest BCUT2D eigenvalue weighted by Crippen LogP contribution is 2.36. The predicted molar refractivity (Wildman–Crippen MR) is 78.7 cm³/mol. The minimum Gasteiger partial charge on any atom is -0.478 e. The first-order chi connectivity index (χ1) is 10.1. The van der Waals surface area contributed by atoms with E-state index in [9.17, 15) is 14.3 Å². The van der Waals surface area contributed by atoms with Gasteiger partial charge in [0.05, 0.1) is 5.56 Å². The van der Waals surface area contributed by atoms with Crippen molar-refractivity contribution in [1.29, 1.82) is 0 Å². The van der Waals surface area contributed by atoms with Gasteiger partial charge in [0.2, 0.25) is 0 Å². The number of carbonyl (C=O) groups is 1. The van der Waals surface area contributed by atoms with Crippen molar-refractivity contribution >= 4 is 5.97 Å². The molecule has 0 amide bonds. The monoisotopic (exact) mass is 291 g/mol. The Kier molecular flexibility index (Phi) is 4.24. The van der Waals surface area contributed by atoms with Crippen LogP contribution in [0.2, 0.25) is 0 Å². The van der Waals surface area contributed by atoms with Gasteiger partial charge in [0.15, 0.2) is 0 Å². The third-order valence-corrected chi connectivity index (χ3v) is 5.03. The number of carboxylic acids is 1. The van der Waals surface area contributed by atoms with Crippen molar-refractivity contribution in [3.8, 4) is 0 Å². The molecule has 1 N–H and O–H groups in total. The van der Waals surface area contributed by atoms with Crippen molar-refractivity contribution in [2.24, 2.45) is 5.92 Å². The van der Waals surface area contributed by atoms with Gasteiger partial charge in [0.25, 0.3) is 0 Å². The van der Waals surface area contributed by atoms with Crippen LogP contribution in [0.25, 0.3) is 0 Å². The maximum atomic E-state index is 13.3. The lowest BCUT2D eigenvalue weighted by molar-refractivity contribution is 0.0535. The maximum Gasteiger partial charge on any atom is 0.336 e. The Bertz CT molecular complexity index is 530. The van der Waals surface area contributed by atoms with Crippen LogP contribution in [0.4, 0.5) is 4.39 Å². The number of aromatic carboxylic acids is 1. The molecule has 1 aromatic carbocycles. The van der Waals surface area contributed by atoms with Crippen molar-refractivity contribution < 1.29 is 14.3 Å². The van der Waals surface area contributed by atoms with E-state index >= 15 is 0 Å². The highest BCUT2D eigenvalue weighted by molar-refractivity contribution is 5.89. The van der Waals surface area contributed by atoms with Gasteiger partial charge in [0, 0.05) is 12.6 Å². The largest absolute Gasteiger partial charge is 0.478 e. The third-order valence-electron chi connectivity index (χ3n) is 5.03. The minimum absolute atomic E-state index is 0.105. The molecule has 1 aliphatic carbocycles. The van der Waals surface area contributed by atoms with Crippen LogP contribution in [-0.2, 0) is 6.54 Å². The van der Waals surface area contributed by atoms with E-state index in [1.165, 1.54) is 44.6 Å². The normalized spacial score (nSPS) is 26.3. The van der Waals surface area contributed by atoms with Gasteiger partial charge in [0.1, 0.15) is 5.82 Å². The standard InChI is InChI=1S/C17H22FNO2/c18-14-8-7-13(15(10-14)17(20)21)11-19-9-3-5-12-4-1-2-6-16(12)19/h7-8,10,12,16H,1-6,9,11H2,(H,20,21). The van der Waals surface area contributed by atoms with Crippen molar-refractivity contribution in [1.82, 2.24) is 4.90 Å². The zero-order chi connectivity index (χ0) is 14.8. The summed E-state index contributed by atoms with van der Waals surface area (Å²) in [7, 11) is 0. The highest BCUT2D eigenvalue weighted by Gasteiger charge is 2.33. The van der Waals surface area contributed by atoms with Crippen molar-refractivity contribution in [2.45, 2.75) is 51.1 Å². The number of benzene rings is 1. The summed E-state index contributed by atoms with van der Waals surface area (Å²) in [6.07, 6.45) is 7.60. The van der Waals surface area contributed by atoms with Gasteiger partial charge < -0.3 is 5.11 Å². The van der Waals surface area contributed by atoms with E-state index in [0.29, 0.717) is 12.6 Å². The topological polar surface area (TPSA) is 40.5 Å². The Labute approximate surface area is 124 Å². The average molecular weight is 291 g/mol. The molecule has 2 aliphatic rings. The van der Waals surface area contributed by atoms with Gasteiger partial charge in [-0.1, -0.05) is 18.9 Å². The molecule has 0 bridgehead atoms. The lowest BCUT2D eigenvalue weighted by atomic mass is 9.78. The Morgan fingerprint density at radius 2 is 2.00 bits per heavy atom. The summed E-state index contributed by atoms with van der Waals surface area (Å²) in [5.41, 5.74) is 0.836. The number of fused-ring (bicyclic) bond motifs is 1. The van der Waals surface area contributed by atoms with E-state index in [1.54, 1.807) is 6.07 Å². The Balaban J connectivity index is 1.80. The van der Waals surface area contributed by atoms with Crippen LogP contribution in [0.15, 0.2) is 18.2 Å². The van der Waals surface area contributed by atoms with E-state index in [-0.39, 0.29) is 5.56 Å². The molecule has 21 heavy (non-hydrogen) atoms. The van der Waals surface area contributed by atoms with Crippen LogP contribution < -0.4 is 0 Å². The molecular formula is C17H22FNO2. The van der Waals surface area contributed by atoms with Crippen LogP contribution in [0.5, 0.6) is 0 Å². The van der Waals surface area contributed by atoms with Gasteiger partial charge in [-0.3, -0.25) is 4.90 Å². The molecular weight excluding hydrogens is 269 g/mol. The van der Waals surface area contributed by atoms with E-state index in [1.807, 2.05) is 0 Å². The molecule has 2 fully saturated rings. The number of likely N-dealkylation sites (tertiary alicyclic amines) is 1. The summed E-state index contributed by atoms with van der Waals surface area (Å²) >= 11 is 0. The number of carboxylic acid groups (broad SMARTS) is 1. The van der Waals surface area contributed by atoms with Crippen molar-refractivity contribution in [2.75, 3.05) is 6.54 Å². The lowest BCUT2D eigenvalue weighted by Gasteiger charge is -2.44. The molecule has 0 radical (unpaired) electrons. The predicted octanol–water partition coefficient (Wildman–Crippen LogP) is 3.68. The van der Waals surface area contributed by atoms with Gasteiger partial charge in [-0.2, -0.15) is 0 Å². The summed E-state index contributed by atoms with van der Waals surface area (Å²) < 4.78 is 13.3. The smallest absolute Gasteiger partial charge is 0.336 e. The maximum absolute atomic E-state index is 13.3. The van der Waals surface area contributed by atoms with Gasteiger partial charge in [-0.05, 0) is 55.8 Å². The number of piperidine rings is 1. The summed E-state index contributed by atoms with van der Waals surface area (Å²) in [5.74, 6) is -0.756. The first-order valence-electron chi connectivity index (χ1n) is 7.91. The second-order valence-electron chi connectivity index (χ2n) is 6.33. The zero-order valence-electron chi connectivity index (χ0n) is 12.2. The van der Waals surface area contributed by atoms with Crippen LogP contribution in [0.3, 0.4) is 0 Å². The third kappa shape index (κ3) is 3.10. The van der Waals surface area contributed by atoms with Crippen LogP contribution in [0, 0.1) is 11.7 Å². The van der Waals surface area contributed by atoms with Crippen LogP contribution >= 0.6 is 0 Å². The first kappa shape index (κ1) is 14.5. The fraction of sp³-hybridized carbons (Fsp3) is 0.588. The summed E-state index contributed by atoms with van der Waals surface area (Å²) in [6, 6.07) is 4.72. The van der Waals surface area contributed by atoms with Crippen LogP contribution in [-0.4, -0.2) is 28.6 Å².